The first-order chi connectivity index (χ1) is 12.9. The molecule has 0 fully saturated rings. The molecule has 1 heterocycles. The molecular formula is C16H14N2O9. The molecule has 142 valence electrons. The van der Waals surface area contributed by atoms with Crippen molar-refractivity contribution < 1.29 is 37.9 Å². The Morgan fingerprint density at radius 3 is 2.41 bits per heavy atom. The molecule has 0 aliphatic heterocycles. The van der Waals surface area contributed by atoms with Crippen molar-refractivity contribution in [1.82, 2.24) is 5.32 Å². The number of ether oxygens (including phenoxy) is 3. The number of amides is 2. The van der Waals surface area contributed by atoms with Crippen LogP contribution in [0.3, 0.4) is 0 Å². The molecule has 1 aromatic carbocycles. The van der Waals surface area contributed by atoms with Gasteiger partial charge in [0.2, 0.25) is 0 Å². The molecule has 27 heavy (non-hydrogen) atoms. The molecule has 0 saturated heterocycles. The summed E-state index contributed by atoms with van der Waals surface area (Å²) in [4.78, 5) is 45.9. The van der Waals surface area contributed by atoms with Crippen LogP contribution in [0, 0.1) is 10.1 Å². The summed E-state index contributed by atoms with van der Waals surface area (Å²) < 4.78 is 19.5. The van der Waals surface area contributed by atoms with Gasteiger partial charge in [0.15, 0.2) is 23.9 Å². The molecule has 2 rings (SSSR count). The van der Waals surface area contributed by atoms with E-state index in [0.717, 1.165) is 12.1 Å². The van der Waals surface area contributed by atoms with E-state index < -0.39 is 40.6 Å². The zero-order valence-electron chi connectivity index (χ0n) is 14.2. The van der Waals surface area contributed by atoms with Crippen molar-refractivity contribution >= 4 is 23.5 Å². The van der Waals surface area contributed by atoms with Gasteiger partial charge >= 0.3 is 5.97 Å². The summed E-state index contributed by atoms with van der Waals surface area (Å²) in [5.41, 5.74) is -1.03. The van der Waals surface area contributed by atoms with Crippen molar-refractivity contribution in [3.05, 3.63) is 52.0 Å². The topological polar surface area (TPSA) is 147 Å². The lowest BCUT2D eigenvalue weighted by Gasteiger charge is -2.10. The fourth-order valence-electron chi connectivity index (χ4n) is 2.02. The van der Waals surface area contributed by atoms with Crippen LogP contribution >= 0.6 is 0 Å². The lowest BCUT2D eigenvalue weighted by Crippen LogP contribution is -2.34. The molecule has 0 radical (unpaired) electrons. The van der Waals surface area contributed by atoms with Crippen LogP contribution in [0.4, 0.5) is 5.69 Å². The number of nitro benzene ring substituents is 1. The fourth-order valence-corrected chi connectivity index (χ4v) is 2.02. The number of benzene rings is 1. The van der Waals surface area contributed by atoms with Gasteiger partial charge in [0.05, 0.1) is 31.5 Å². The van der Waals surface area contributed by atoms with Crippen LogP contribution in [-0.2, 0) is 9.53 Å². The Morgan fingerprint density at radius 1 is 1.19 bits per heavy atom. The van der Waals surface area contributed by atoms with E-state index in [1.54, 1.807) is 0 Å². The van der Waals surface area contributed by atoms with Crippen LogP contribution < -0.4 is 14.8 Å². The second kappa shape index (κ2) is 8.47. The SMILES string of the molecule is COc1cc(C(=O)OCC(=O)NC(=O)c2ccco2)c([N+](=O)[O-])cc1OC. The molecule has 0 aliphatic rings. The highest BCUT2D eigenvalue weighted by atomic mass is 16.6. The summed E-state index contributed by atoms with van der Waals surface area (Å²) >= 11 is 0. The number of carbonyl (C=O) groups is 3. The maximum atomic E-state index is 12.2. The summed E-state index contributed by atoms with van der Waals surface area (Å²) in [6.07, 6.45) is 1.25. The molecule has 2 aromatic rings. The number of hydrogen-bond donors (Lipinski definition) is 1. The molecule has 11 nitrogen and oxygen atoms in total. The molecule has 0 bridgehead atoms. The van der Waals surface area contributed by atoms with E-state index >= 15 is 0 Å². The number of rotatable bonds is 7. The van der Waals surface area contributed by atoms with Gasteiger partial charge in [-0.3, -0.25) is 25.0 Å². The second-order valence-corrected chi connectivity index (χ2v) is 4.91. The highest BCUT2D eigenvalue weighted by molar-refractivity contribution is 6.04. The van der Waals surface area contributed by atoms with Gasteiger partial charge in [-0.05, 0) is 12.1 Å². The third kappa shape index (κ3) is 4.60. The zero-order chi connectivity index (χ0) is 20.0. The average molecular weight is 378 g/mol. The van der Waals surface area contributed by atoms with E-state index in [9.17, 15) is 24.5 Å². The summed E-state index contributed by atoms with van der Waals surface area (Å²) in [5, 5.41) is 13.1. The number of imide groups is 1. The summed E-state index contributed by atoms with van der Waals surface area (Å²) in [5.74, 6) is -2.91. The molecule has 0 spiro atoms. The predicted octanol–water partition coefficient (Wildman–Crippen LogP) is 1.32. The molecule has 2 amide bonds. The van der Waals surface area contributed by atoms with E-state index in [-0.39, 0.29) is 17.3 Å². The van der Waals surface area contributed by atoms with Gasteiger partial charge in [0, 0.05) is 6.07 Å². The molecule has 1 N–H and O–H groups in total. The van der Waals surface area contributed by atoms with Gasteiger partial charge in [0.1, 0.15) is 5.56 Å². The Labute approximate surface area is 152 Å². The maximum absolute atomic E-state index is 12.2. The predicted molar refractivity (Wildman–Crippen MR) is 87.7 cm³/mol. The average Bonchev–Trinajstić information content (AvgIpc) is 3.19. The van der Waals surface area contributed by atoms with Gasteiger partial charge in [-0.1, -0.05) is 0 Å². The Morgan fingerprint density at radius 2 is 1.85 bits per heavy atom. The van der Waals surface area contributed by atoms with Crippen molar-refractivity contribution in [2.75, 3.05) is 20.8 Å². The van der Waals surface area contributed by atoms with Crippen LogP contribution in [0.1, 0.15) is 20.9 Å². The highest BCUT2D eigenvalue weighted by Crippen LogP contribution is 2.34. The Bertz CT molecular complexity index is 874. The second-order valence-electron chi connectivity index (χ2n) is 4.91. The lowest BCUT2D eigenvalue weighted by atomic mass is 10.1. The highest BCUT2D eigenvalue weighted by Gasteiger charge is 2.26. The molecule has 0 atom stereocenters. The lowest BCUT2D eigenvalue weighted by molar-refractivity contribution is -0.385. The molecular weight excluding hydrogens is 364 g/mol. The van der Waals surface area contributed by atoms with Gasteiger partial charge in [-0.15, -0.1) is 0 Å². The van der Waals surface area contributed by atoms with E-state index in [1.807, 2.05) is 5.32 Å². The first-order valence-electron chi connectivity index (χ1n) is 7.32. The minimum absolute atomic E-state index is 0.0440. The van der Waals surface area contributed by atoms with Crippen molar-refractivity contribution in [3.8, 4) is 11.5 Å². The number of methoxy groups -OCH3 is 2. The van der Waals surface area contributed by atoms with Crippen molar-refractivity contribution in [2.45, 2.75) is 0 Å². The van der Waals surface area contributed by atoms with E-state index in [4.69, 9.17) is 18.6 Å². The monoisotopic (exact) mass is 378 g/mol. The Balaban J connectivity index is 2.09. The number of esters is 1. The largest absolute Gasteiger partial charge is 0.493 e. The molecule has 0 unspecified atom stereocenters. The minimum atomic E-state index is -1.15. The van der Waals surface area contributed by atoms with Crippen LogP contribution in [0.25, 0.3) is 0 Å². The normalized spacial score (nSPS) is 10.0. The Hall–Kier alpha value is -3.89. The number of hydrogen-bond acceptors (Lipinski definition) is 9. The van der Waals surface area contributed by atoms with Crippen molar-refractivity contribution in [1.29, 1.82) is 0 Å². The minimum Gasteiger partial charge on any atom is -0.493 e. The van der Waals surface area contributed by atoms with E-state index in [0.29, 0.717) is 0 Å². The van der Waals surface area contributed by atoms with E-state index in [1.165, 1.54) is 32.6 Å². The van der Waals surface area contributed by atoms with Gasteiger partial charge in [0.25, 0.3) is 17.5 Å². The standard InChI is InChI=1S/C16H14N2O9/c1-24-12-6-9(10(18(22)23)7-13(12)25-2)16(21)27-8-14(19)17-15(20)11-4-3-5-26-11/h3-7H,8H2,1-2H3,(H,17,19,20). The van der Waals surface area contributed by atoms with Crippen molar-refractivity contribution in [2.24, 2.45) is 0 Å². The van der Waals surface area contributed by atoms with Crippen LogP contribution in [0.15, 0.2) is 34.9 Å². The number of furan rings is 1. The van der Waals surface area contributed by atoms with Crippen molar-refractivity contribution in [3.63, 3.8) is 0 Å². The number of carbonyl (C=O) groups excluding carboxylic acids is 3. The van der Waals surface area contributed by atoms with Gasteiger partial charge in [-0.25, -0.2) is 4.79 Å². The molecule has 11 heteroatoms. The summed E-state index contributed by atoms with van der Waals surface area (Å²) in [7, 11) is 2.56. The quantitative estimate of drug-likeness (QED) is 0.428. The third-order valence-electron chi connectivity index (χ3n) is 3.25. The van der Waals surface area contributed by atoms with E-state index in [2.05, 4.69) is 0 Å². The molecule has 1 aromatic heterocycles. The Kier molecular flexibility index (Phi) is 6.10. The maximum Gasteiger partial charge on any atom is 0.345 e. The first-order valence-corrected chi connectivity index (χ1v) is 7.32. The van der Waals surface area contributed by atoms with Crippen LogP contribution in [-0.4, -0.2) is 43.5 Å². The fraction of sp³-hybridized carbons (Fsp3) is 0.188. The zero-order valence-corrected chi connectivity index (χ0v) is 14.2. The summed E-state index contributed by atoms with van der Waals surface area (Å²) in [6, 6.07) is 4.85. The van der Waals surface area contributed by atoms with Gasteiger partial charge < -0.3 is 18.6 Å². The van der Waals surface area contributed by atoms with Gasteiger partial charge in [-0.2, -0.15) is 0 Å². The number of nitrogens with zero attached hydrogens (tertiary/aromatic N) is 1. The van der Waals surface area contributed by atoms with Crippen LogP contribution in [0.2, 0.25) is 0 Å². The third-order valence-corrected chi connectivity index (χ3v) is 3.25. The first kappa shape index (κ1) is 19.4. The molecule has 0 aliphatic carbocycles. The number of nitrogens with one attached hydrogen (secondary N) is 1. The molecule has 0 saturated carbocycles. The summed E-state index contributed by atoms with van der Waals surface area (Å²) in [6.45, 7) is -0.837. The number of nitro groups is 1. The van der Waals surface area contributed by atoms with Crippen LogP contribution in [0.5, 0.6) is 11.5 Å². The smallest absolute Gasteiger partial charge is 0.345 e.